The standard InChI is InChI=1S/C17H15Cl3N2O3/c1-9(10-2-4-12(18)14(20)6-10)22-16(23)8-25-17(24)11-3-5-13(19)15(21)7-11/h2-7,9H,8,21H2,1H3,(H,22,23). The highest BCUT2D eigenvalue weighted by atomic mass is 35.5. The number of amides is 1. The molecule has 0 fully saturated rings. The van der Waals surface area contributed by atoms with Crippen molar-refractivity contribution in [2.75, 3.05) is 12.3 Å². The highest BCUT2D eigenvalue weighted by Gasteiger charge is 2.14. The molecule has 5 nitrogen and oxygen atoms in total. The van der Waals surface area contributed by atoms with E-state index in [-0.39, 0.29) is 17.3 Å². The van der Waals surface area contributed by atoms with Crippen molar-refractivity contribution in [2.24, 2.45) is 0 Å². The fourth-order valence-electron chi connectivity index (χ4n) is 2.03. The molecule has 0 aliphatic heterocycles. The maximum absolute atomic E-state index is 11.9. The van der Waals surface area contributed by atoms with Crippen LogP contribution in [0.5, 0.6) is 0 Å². The minimum Gasteiger partial charge on any atom is -0.452 e. The van der Waals surface area contributed by atoms with Crippen molar-refractivity contribution in [1.29, 1.82) is 0 Å². The summed E-state index contributed by atoms with van der Waals surface area (Å²) >= 11 is 17.6. The number of nitrogens with two attached hydrogens (primary N) is 1. The molecule has 0 aliphatic carbocycles. The number of esters is 1. The predicted octanol–water partition coefficient (Wildman–Crippen LogP) is 4.26. The van der Waals surface area contributed by atoms with Gasteiger partial charge in [-0.05, 0) is 42.8 Å². The molecule has 0 bridgehead atoms. The van der Waals surface area contributed by atoms with Crippen LogP contribution in [0.2, 0.25) is 15.1 Å². The first-order valence-electron chi connectivity index (χ1n) is 7.24. The van der Waals surface area contributed by atoms with Crippen LogP contribution in [0.25, 0.3) is 0 Å². The average molecular weight is 402 g/mol. The molecule has 0 saturated heterocycles. The Morgan fingerprint density at radius 2 is 1.76 bits per heavy atom. The average Bonchev–Trinajstić information content (AvgIpc) is 2.57. The lowest BCUT2D eigenvalue weighted by Crippen LogP contribution is -2.31. The van der Waals surface area contributed by atoms with E-state index in [1.165, 1.54) is 18.2 Å². The molecule has 3 N–H and O–H groups in total. The normalized spacial score (nSPS) is 11.7. The van der Waals surface area contributed by atoms with Crippen molar-refractivity contribution in [3.05, 3.63) is 62.6 Å². The number of hydrogen-bond acceptors (Lipinski definition) is 4. The van der Waals surface area contributed by atoms with Crippen LogP contribution in [0.1, 0.15) is 28.9 Å². The Hall–Kier alpha value is -1.95. The SMILES string of the molecule is CC(NC(=O)COC(=O)c1ccc(Cl)c(N)c1)c1ccc(Cl)c(Cl)c1. The van der Waals surface area contributed by atoms with E-state index in [9.17, 15) is 9.59 Å². The van der Waals surface area contributed by atoms with Gasteiger partial charge in [-0.1, -0.05) is 40.9 Å². The van der Waals surface area contributed by atoms with E-state index in [1.54, 1.807) is 25.1 Å². The molecule has 0 saturated carbocycles. The Balaban J connectivity index is 1.90. The monoisotopic (exact) mass is 400 g/mol. The van der Waals surface area contributed by atoms with Gasteiger partial charge < -0.3 is 15.8 Å². The van der Waals surface area contributed by atoms with Gasteiger partial charge in [-0.3, -0.25) is 4.79 Å². The first-order valence-corrected chi connectivity index (χ1v) is 8.37. The lowest BCUT2D eigenvalue weighted by Gasteiger charge is -2.15. The zero-order chi connectivity index (χ0) is 18.6. The number of hydrogen-bond donors (Lipinski definition) is 2. The van der Waals surface area contributed by atoms with E-state index in [0.29, 0.717) is 15.1 Å². The minimum atomic E-state index is -0.666. The summed E-state index contributed by atoms with van der Waals surface area (Å²) in [5, 5.41) is 3.87. The number of carbonyl (C=O) groups is 2. The Bertz CT molecular complexity index is 812. The van der Waals surface area contributed by atoms with Crippen LogP contribution in [0, 0.1) is 0 Å². The van der Waals surface area contributed by atoms with Gasteiger partial charge >= 0.3 is 5.97 Å². The molecule has 1 atom stereocenters. The molecule has 2 aromatic rings. The number of nitrogens with one attached hydrogen (secondary N) is 1. The minimum absolute atomic E-state index is 0.215. The summed E-state index contributed by atoms with van der Waals surface area (Å²) in [6.07, 6.45) is 0. The van der Waals surface area contributed by atoms with Crippen LogP contribution < -0.4 is 11.1 Å². The second-order valence-corrected chi connectivity index (χ2v) is 6.50. The second kappa shape index (κ2) is 8.43. The van der Waals surface area contributed by atoms with E-state index >= 15 is 0 Å². The smallest absolute Gasteiger partial charge is 0.338 e. The number of nitrogen functional groups attached to an aromatic ring is 1. The highest BCUT2D eigenvalue weighted by Crippen LogP contribution is 2.25. The second-order valence-electron chi connectivity index (χ2n) is 5.28. The molecular weight excluding hydrogens is 387 g/mol. The summed E-state index contributed by atoms with van der Waals surface area (Å²) in [5.41, 5.74) is 6.88. The zero-order valence-corrected chi connectivity index (χ0v) is 15.5. The summed E-state index contributed by atoms with van der Waals surface area (Å²) in [5.74, 6) is -1.12. The lowest BCUT2D eigenvalue weighted by atomic mass is 10.1. The van der Waals surface area contributed by atoms with Crippen LogP contribution in [0.15, 0.2) is 36.4 Å². The third-order valence-electron chi connectivity index (χ3n) is 3.39. The van der Waals surface area contributed by atoms with Gasteiger partial charge in [0.2, 0.25) is 0 Å². The largest absolute Gasteiger partial charge is 0.452 e. The molecule has 2 rings (SSSR count). The fourth-order valence-corrected chi connectivity index (χ4v) is 2.46. The summed E-state index contributed by atoms with van der Waals surface area (Å²) in [7, 11) is 0. The first kappa shape index (κ1) is 19.4. The Morgan fingerprint density at radius 3 is 2.40 bits per heavy atom. The highest BCUT2D eigenvalue weighted by molar-refractivity contribution is 6.42. The number of halogens is 3. The lowest BCUT2D eigenvalue weighted by molar-refractivity contribution is -0.124. The van der Waals surface area contributed by atoms with Crippen molar-refractivity contribution in [2.45, 2.75) is 13.0 Å². The number of rotatable bonds is 5. The van der Waals surface area contributed by atoms with Gasteiger partial charge in [0.15, 0.2) is 6.61 Å². The number of carbonyl (C=O) groups excluding carboxylic acids is 2. The van der Waals surface area contributed by atoms with Gasteiger partial charge in [0.25, 0.3) is 5.91 Å². The molecule has 1 amide bonds. The van der Waals surface area contributed by atoms with E-state index in [2.05, 4.69) is 5.32 Å². The van der Waals surface area contributed by atoms with Gasteiger partial charge in [-0.25, -0.2) is 4.79 Å². The molecule has 132 valence electrons. The van der Waals surface area contributed by atoms with Gasteiger partial charge in [-0.2, -0.15) is 0 Å². The van der Waals surface area contributed by atoms with Crippen molar-refractivity contribution in [1.82, 2.24) is 5.32 Å². The topological polar surface area (TPSA) is 81.4 Å². The molecule has 8 heteroatoms. The van der Waals surface area contributed by atoms with Crippen LogP contribution in [0.3, 0.4) is 0 Å². The van der Waals surface area contributed by atoms with Crippen LogP contribution in [0.4, 0.5) is 5.69 Å². The van der Waals surface area contributed by atoms with Gasteiger partial charge in [0, 0.05) is 0 Å². The molecule has 0 aromatic heterocycles. The van der Waals surface area contributed by atoms with Crippen molar-refractivity contribution >= 4 is 52.4 Å². The van der Waals surface area contributed by atoms with E-state index in [0.717, 1.165) is 5.56 Å². The van der Waals surface area contributed by atoms with Crippen molar-refractivity contribution in [3.63, 3.8) is 0 Å². The Morgan fingerprint density at radius 1 is 1.08 bits per heavy atom. The molecular formula is C17H15Cl3N2O3. The quantitative estimate of drug-likeness (QED) is 0.579. The van der Waals surface area contributed by atoms with E-state index in [1.807, 2.05) is 0 Å². The Kier molecular flexibility index (Phi) is 6.53. The first-order chi connectivity index (χ1) is 11.8. The molecule has 25 heavy (non-hydrogen) atoms. The summed E-state index contributed by atoms with van der Waals surface area (Å²) in [4.78, 5) is 23.9. The maximum Gasteiger partial charge on any atom is 0.338 e. The molecule has 2 aromatic carbocycles. The molecule has 0 spiro atoms. The number of ether oxygens (including phenoxy) is 1. The third kappa shape index (κ3) is 5.26. The molecule has 0 heterocycles. The zero-order valence-electron chi connectivity index (χ0n) is 13.2. The van der Waals surface area contributed by atoms with Crippen molar-refractivity contribution < 1.29 is 14.3 Å². The van der Waals surface area contributed by atoms with E-state index in [4.69, 9.17) is 45.3 Å². The summed E-state index contributed by atoms with van der Waals surface area (Å²) < 4.78 is 4.97. The van der Waals surface area contributed by atoms with Gasteiger partial charge in [0.1, 0.15) is 0 Å². The summed E-state index contributed by atoms with van der Waals surface area (Å²) in [6.45, 7) is 1.35. The van der Waals surface area contributed by atoms with Crippen LogP contribution in [-0.2, 0) is 9.53 Å². The van der Waals surface area contributed by atoms with Gasteiger partial charge in [0.05, 0.1) is 32.4 Å². The molecule has 0 aliphatic rings. The van der Waals surface area contributed by atoms with Gasteiger partial charge in [-0.15, -0.1) is 0 Å². The predicted molar refractivity (Wildman–Crippen MR) is 99.2 cm³/mol. The molecule has 1 unspecified atom stereocenters. The van der Waals surface area contributed by atoms with E-state index < -0.39 is 18.5 Å². The fraction of sp³-hybridized carbons (Fsp3) is 0.176. The third-order valence-corrected chi connectivity index (χ3v) is 4.47. The maximum atomic E-state index is 11.9. The van der Waals surface area contributed by atoms with Crippen molar-refractivity contribution in [3.8, 4) is 0 Å². The van der Waals surface area contributed by atoms with Crippen LogP contribution >= 0.6 is 34.8 Å². The number of benzene rings is 2. The Labute approximate surface area is 160 Å². The van der Waals surface area contributed by atoms with Crippen LogP contribution in [-0.4, -0.2) is 18.5 Å². The summed E-state index contributed by atoms with van der Waals surface area (Å²) in [6, 6.07) is 9.08. The number of anilines is 1. The molecule has 0 radical (unpaired) electrons.